The van der Waals surface area contributed by atoms with Crippen molar-refractivity contribution in [3.8, 4) is 11.3 Å². The third kappa shape index (κ3) is 4.70. The Morgan fingerprint density at radius 3 is 2.47 bits per heavy atom. The van der Waals surface area contributed by atoms with E-state index in [0.717, 1.165) is 16.2 Å². The standard InChI is InChI=1S/C24H19FN4O3/c25-19-10-8-17(9-11-19)22-18(7-4-12-26-22)14-27-23(31)20-13-21(30)29(24(32)28-20)15-16-5-2-1-3-6-16/h1-13H,14-15H2,(H,27,31)(H,28,32). The van der Waals surface area contributed by atoms with Gasteiger partial charge in [0.25, 0.3) is 11.5 Å². The molecular weight excluding hydrogens is 411 g/mol. The predicted molar refractivity (Wildman–Crippen MR) is 118 cm³/mol. The number of rotatable bonds is 6. The van der Waals surface area contributed by atoms with Crippen molar-refractivity contribution in [2.75, 3.05) is 0 Å². The molecule has 8 heteroatoms. The molecule has 2 N–H and O–H groups in total. The Hall–Kier alpha value is -4.33. The Kier molecular flexibility index (Phi) is 6.03. The quantitative estimate of drug-likeness (QED) is 0.492. The summed E-state index contributed by atoms with van der Waals surface area (Å²) in [4.78, 5) is 44.2. The Bertz CT molecular complexity index is 1330. The number of amides is 1. The van der Waals surface area contributed by atoms with E-state index in [1.807, 2.05) is 18.2 Å². The Labute approximate surface area is 182 Å². The molecule has 32 heavy (non-hydrogen) atoms. The lowest BCUT2D eigenvalue weighted by Gasteiger charge is -2.11. The van der Waals surface area contributed by atoms with Gasteiger partial charge >= 0.3 is 5.69 Å². The maximum Gasteiger partial charge on any atom is 0.329 e. The summed E-state index contributed by atoms with van der Waals surface area (Å²) >= 11 is 0. The normalized spacial score (nSPS) is 10.7. The Morgan fingerprint density at radius 2 is 1.75 bits per heavy atom. The number of hydrogen-bond donors (Lipinski definition) is 2. The SMILES string of the molecule is O=C(NCc1cccnc1-c1ccc(F)cc1)c1cc(=O)n(Cc2ccccc2)c(=O)[nH]1. The minimum absolute atomic E-state index is 0.105. The molecule has 0 spiro atoms. The molecular formula is C24H19FN4O3. The molecule has 0 saturated carbocycles. The molecule has 2 aromatic heterocycles. The number of halogens is 1. The summed E-state index contributed by atoms with van der Waals surface area (Å²) in [7, 11) is 0. The van der Waals surface area contributed by atoms with Gasteiger partial charge in [-0.3, -0.25) is 19.1 Å². The molecule has 0 aliphatic rings. The van der Waals surface area contributed by atoms with Crippen LogP contribution in [0.3, 0.4) is 0 Å². The van der Waals surface area contributed by atoms with Crippen LogP contribution in [0.25, 0.3) is 11.3 Å². The minimum atomic E-state index is -0.667. The van der Waals surface area contributed by atoms with E-state index < -0.39 is 17.2 Å². The fraction of sp³-hybridized carbons (Fsp3) is 0.0833. The van der Waals surface area contributed by atoms with Crippen LogP contribution in [0.4, 0.5) is 4.39 Å². The van der Waals surface area contributed by atoms with Crippen molar-refractivity contribution in [3.05, 3.63) is 122 Å². The van der Waals surface area contributed by atoms with E-state index >= 15 is 0 Å². The van der Waals surface area contributed by atoms with Gasteiger partial charge in [-0.1, -0.05) is 36.4 Å². The van der Waals surface area contributed by atoms with E-state index in [1.54, 1.807) is 42.6 Å². The molecule has 1 amide bonds. The second-order valence-electron chi connectivity index (χ2n) is 7.10. The van der Waals surface area contributed by atoms with Crippen LogP contribution in [0.5, 0.6) is 0 Å². The summed E-state index contributed by atoms with van der Waals surface area (Å²) in [5.74, 6) is -0.953. The number of carbonyl (C=O) groups is 1. The molecule has 2 heterocycles. The molecule has 4 aromatic rings. The first kappa shape index (κ1) is 20.9. The van der Waals surface area contributed by atoms with Gasteiger partial charge in [-0.15, -0.1) is 0 Å². The average Bonchev–Trinajstić information content (AvgIpc) is 2.81. The maximum atomic E-state index is 13.2. The molecule has 160 valence electrons. The molecule has 7 nitrogen and oxygen atoms in total. The summed E-state index contributed by atoms with van der Waals surface area (Å²) in [5, 5.41) is 2.69. The Balaban J connectivity index is 1.51. The first-order valence-corrected chi connectivity index (χ1v) is 9.87. The summed E-state index contributed by atoms with van der Waals surface area (Å²) in [6.45, 7) is 0.210. The summed E-state index contributed by atoms with van der Waals surface area (Å²) in [6, 6.07) is 19.6. The molecule has 0 fully saturated rings. The highest BCUT2D eigenvalue weighted by Gasteiger charge is 2.13. The van der Waals surface area contributed by atoms with Crippen molar-refractivity contribution < 1.29 is 9.18 Å². The largest absolute Gasteiger partial charge is 0.347 e. The molecule has 2 aromatic carbocycles. The van der Waals surface area contributed by atoms with E-state index in [0.29, 0.717) is 16.8 Å². The van der Waals surface area contributed by atoms with Crippen LogP contribution in [0.2, 0.25) is 0 Å². The molecule has 0 aliphatic heterocycles. The number of aromatic nitrogens is 3. The monoisotopic (exact) mass is 430 g/mol. The van der Waals surface area contributed by atoms with Gasteiger partial charge in [-0.25, -0.2) is 9.18 Å². The third-order valence-corrected chi connectivity index (χ3v) is 4.90. The van der Waals surface area contributed by atoms with Crippen molar-refractivity contribution in [1.29, 1.82) is 0 Å². The van der Waals surface area contributed by atoms with Crippen LogP contribution in [0, 0.1) is 5.82 Å². The zero-order valence-electron chi connectivity index (χ0n) is 16.9. The summed E-state index contributed by atoms with van der Waals surface area (Å²) in [6.07, 6.45) is 1.61. The van der Waals surface area contributed by atoms with E-state index in [9.17, 15) is 18.8 Å². The number of H-pyrrole nitrogens is 1. The number of benzene rings is 2. The van der Waals surface area contributed by atoms with E-state index in [-0.39, 0.29) is 24.6 Å². The van der Waals surface area contributed by atoms with Crippen molar-refractivity contribution in [2.45, 2.75) is 13.1 Å². The highest BCUT2D eigenvalue weighted by molar-refractivity contribution is 5.92. The van der Waals surface area contributed by atoms with Crippen LogP contribution >= 0.6 is 0 Å². The minimum Gasteiger partial charge on any atom is -0.347 e. The van der Waals surface area contributed by atoms with Crippen LogP contribution in [-0.2, 0) is 13.1 Å². The fourth-order valence-corrected chi connectivity index (χ4v) is 3.28. The van der Waals surface area contributed by atoms with Crippen LogP contribution in [0.15, 0.2) is 88.6 Å². The van der Waals surface area contributed by atoms with E-state index in [4.69, 9.17) is 0 Å². The molecule has 0 atom stereocenters. The van der Waals surface area contributed by atoms with Gasteiger partial charge in [0.15, 0.2) is 0 Å². The van der Waals surface area contributed by atoms with Crippen molar-refractivity contribution >= 4 is 5.91 Å². The first-order chi connectivity index (χ1) is 15.5. The van der Waals surface area contributed by atoms with Crippen molar-refractivity contribution in [3.63, 3.8) is 0 Å². The zero-order chi connectivity index (χ0) is 22.5. The molecule has 0 unspecified atom stereocenters. The number of nitrogens with one attached hydrogen (secondary N) is 2. The number of aromatic amines is 1. The van der Waals surface area contributed by atoms with Crippen LogP contribution in [-0.4, -0.2) is 20.4 Å². The average molecular weight is 430 g/mol. The Morgan fingerprint density at radius 1 is 1.00 bits per heavy atom. The van der Waals surface area contributed by atoms with Crippen molar-refractivity contribution in [2.24, 2.45) is 0 Å². The lowest BCUT2D eigenvalue weighted by molar-refractivity contribution is 0.0945. The molecule has 4 rings (SSSR count). The molecule has 0 radical (unpaired) electrons. The lowest BCUT2D eigenvalue weighted by atomic mass is 10.1. The third-order valence-electron chi connectivity index (χ3n) is 4.90. The smallest absolute Gasteiger partial charge is 0.329 e. The van der Waals surface area contributed by atoms with E-state index in [2.05, 4.69) is 15.3 Å². The number of carbonyl (C=O) groups excluding carboxylic acids is 1. The highest BCUT2D eigenvalue weighted by atomic mass is 19.1. The molecule has 0 bridgehead atoms. The van der Waals surface area contributed by atoms with Crippen molar-refractivity contribution in [1.82, 2.24) is 19.9 Å². The van der Waals surface area contributed by atoms with Crippen LogP contribution in [0.1, 0.15) is 21.6 Å². The number of pyridine rings is 1. The van der Waals surface area contributed by atoms with Gasteiger partial charge in [0.1, 0.15) is 11.5 Å². The van der Waals surface area contributed by atoms with Gasteiger partial charge in [-0.2, -0.15) is 0 Å². The summed E-state index contributed by atoms with van der Waals surface area (Å²) < 4.78 is 14.3. The second-order valence-corrected chi connectivity index (χ2v) is 7.10. The second kappa shape index (κ2) is 9.22. The lowest BCUT2D eigenvalue weighted by Crippen LogP contribution is -2.38. The predicted octanol–water partition coefficient (Wildman–Crippen LogP) is 2.72. The number of hydrogen-bond acceptors (Lipinski definition) is 4. The van der Waals surface area contributed by atoms with Gasteiger partial charge in [0, 0.05) is 24.4 Å². The topological polar surface area (TPSA) is 96.8 Å². The number of nitrogens with zero attached hydrogens (tertiary/aromatic N) is 2. The van der Waals surface area contributed by atoms with Gasteiger partial charge in [-0.05, 0) is 41.5 Å². The van der Waals surface area contributed by atoms with Gasteiger partial charge < -0.3 is 10.3 Å². The van der Waals surface area contributed by atoms with E-state index in [1.165, 1.54) is 12.1 Å². The molecule has 0 aliphatic carbocycles. The maximum absolute atomic E-state index is 13.2. The fourth-order valence-electron chi connectivity index (χ4n) is 3.28. The molecule has 0 saturated heterocycles. The van der Waals surface area contributed by atoms with Gasteiger partial charge in [0.2, 0.25) is 0 Å². The first-order valence-electron chi connectivity index (χ1n) is 9.87. The van der Waals surface area contributed by atoms with Crippen LogP contribution < -0.4 is 16.6 Å². The summed E-state index contributed by atoms with van der Waals surface area (Å²) in [5.41, 5.74) is 1.43. The highest BCUT2D eigenvalue weighted by Crippen LogP contribution is 2.21. The zero-order valence-corrected chi connectivity index (χ0v) is 16.9. The van der Waals surface area contributed by atoms with Gasteiger partial charge in [0.05, 0.1) is 12.2 Å².